The van der Waals surface area contributed by atoms with E-state index in [9.17, 15) is 14.4 Å². The molecule has 1 atom stereocenters. The average Bonchev–Trinajstić information content (AvgIpc) is 3.09. The predicted molar refractivity (Wildman–Crippen MR) is 109 cm³/mol. The summed E-state index contributed by atoms with van der Waals surface area (Å²) in [6.07, 6.45) is 5.53. The van der Waals surface area contributed by atoms with Crippen molar-refractivity contribution in [2.24, 2.45) is 0 Å². The second-order valence-electron chi connectivity index (χ2n) is 7.32. The second-order valence-corrected chi connectivity index (χ2v) is 7.32. The van der Waals surface area contributed by atoms with Crippen molar-refractivity contribution in [3.63, 3.8) is 0 Å². The lowest BCUT2D eigenvalue weighted by Crippen LogP contribution is -2.43. The minimum atomic E-state index is -1.01. The summed E-state index contributed by atoms with van der Waals surface area (Å²) < 4.78 is 11.1. The van der Waals surface area contributed by atoms with Crippen LogP contribution < -0.4 is 0 Å². The fraction of sp³-hybridized carbons (Fsp3) is 0.208. The summed E-state index contributed by atoms with van der Waals surface area (Å²) >= 11 is 0. The van der Waals surface area contributed by atoms with E-state index in [4.69, 9.17) is 9.47 Å². The van der Waals surface area contributed by atoms with Crippen LogP contribution in [-0.2, 0) is 32.2 Å². The highest BCUT2D eigenvalue weighted by Crippen LogP contribution is 2.35. The van der Waals surface area contributed by atoms with Crippen molar-refractivity contribution in [1.29, 1.82) is 0 Å². The summed E-state index contributed by atoms with van der Waals surface area (Å²) in [7, 11) is 0. The molecule has 0 radical (unpaired) electrons. The van der Waals surface area contributed by atoms with Crippen LogP contribution in [0.15, 0.2) is 85.0 Å². The number of amides is 1. The molecule has 6 nitrogen and oxygen atoms in total. The van der Waals surface area contributed by atoms with Crippen LogP contribution in [0.3, 0.4) is 0 Å². The molecule has 1 amide bonds. The van der Waals surface area contributed by atoms with Gasteiger partial charge in [0.1, 0.15) is 12.6 Å². The molecule has 2 aromatic carbocycles. The smallest absolute Gasteiger partial charge is 0.411 e. The van der Waals surface area contributed by atoms with E-state index in [2.05, 4.69) is 0 Å². The zero-order valence-corrected chi connectivity index (χ0v) is 16.3. The summed E-state index contributed by atoms with van der Waals surface area (Å²) in [5.41, 5.74) is 0.713. The first-order valence-corrected chi connectivity index (χ1v) is 9.71. The van der Waals surface area contributed by atoms with E-state index in [1.165, 1.54) is 17.1 Å². The van der Waals surface area contributed by atoms with Crippen molar-refractivity contribution < 1.29 is 23.9 Å². The SMILES string of the molecule is O=C1C=CC2(C=C1)C[C@H](N(Cc1ccccc1)C(=O)OCc1ccccc1)C(=O)O2. The average molecular weight is 403 g/mol. The third kappa shape index (κ3) is 4.33. The number of ether oxygens (including phenoxy) is 2. The van der Waals surface area contributed by atoms with Gasteiger partial charge in [-0.1, -0.05) is 60.7 Å². The number of benzene rings is 2. The van der Waals surface area contributed by atoms with E-state index in [1.54, 1.807) is 12.2 Å². The third-order valence-corrected chi connectivity index (χ3v) is 5.15. The van der Waals surface area contributed by atoms with Gasteiger partial charge >= 0.3 is 12.1 Å². The van der Waals surface area contributed by atoms with Crippen LogP contribution in [0.4, 0.5) is 4.79 Å². The van der Waals surface area contributed by atoms with Crippen molar-refractivity contribution in [3.8, 4) is 0 Å². The van der Waals surface area contributed by atoms with Crippen LogP contribution in [0.1, 0.15) is 17.5 Å². The zero-order valence-electron chi connectivity index (χ0n) is 16.3. The van der Waals surface area contributed by atoms with Gasteiger partial charge in [-0.25, -0.2) is 9.59 Å². The lowest BCUT2D eigenvalue weighted by Gasteiger charge is -2.27. The normalized spacial score (nSPS) is 19.0. The Labute approximate surface area is 174 Å². The van der Waals surface area contributed by atoms with Gasteiger partial charge in [-0.3, -0.25) is 9.69 Å². The molecule has 0 aromatic heterocycles. The molecule has 0 N–H and O–H groups in total. The Kier molecular flexibility index (Phi) is 5.48. The molecule has 4 rings (SSSR count). The summed E-state index contributed by atoms with van der Waals surface area (Å²) in [4.78, 5) is 38.6. The van der Waals surface area contributed by atoms with Crippen LogP contribution >= 0.6 is 0 Å². The molecular formula is C24H21NO5. The Bertz CT molecular complexity index is 981. The first-order chi connectivity index (χ1) is 14.5. The van der Waals surface area contributed by atoms with Gasteiger partial charge in [-0.2, -0.15) is 0 Å². The standard InChI is InChI=1S/C24H21NO5/c26-20-11-13-24(14-12-20)15-21(22(27)30-24)25(16-18-7-3-1-4-8-18)23(28)29-17-19-9-5-2-6-10-19/h1-14,21H,15-17H2/t21-/m0/s1. The maximum atomic E-state index is 13.0. The molecule has 1 heterocycles. The summed E-state index contributed by atoms with van der Waals surface area (Å²) in [5.74, 6) is -0.685. The molecule has 6 heteroatoms. The molecule has 1 fully saturated rings. The molecule has 1 spiro atoms. The van der Waals surface area contributed by atoms with Crippen LogP contribution in [0, 0.1) is 0 Å². The number of allylic oxidation sites excluding steroid dienone is 2. The van der Waals surface area contributed by atoms with Crippen molar-refractivity contribution in [3.05, 3.63) is 96.1 Å². The van der Waals surface area contributed by atoms with E-state index in [1.807, 2.05) is 60.7 Å². The fourth-order valence-electron chi connectivity index (χ4n) is 3.57. The van der Waals surface area contributed by atoms with Crippen LogP contribution in [0.2, 0.25) is 0 Å². The number of ketones is 1. The largest absolute Gasteiger partial charge is 0.449 e. The first-order valence-electron chi connectivity index (χ1n) is 9.71. The van der Waals surface area contributed by atoms with Gasteiger partial charge in [-0.05, 0) is 35.4 Å². The first kappa shape index (κ1) is 19.6. The van der Waals surface area contributed by atoms with E-state index in [-0.39, 0.29) is 25.4 Å². The number of rotatable bonds is 5. The molecule has 1 aliphatic heterocycles. The number of nitrogens with zero attached hydrogens (tertiary/aromatic N) is 1. The van der Waals surface area contributed by atoms with Crippen LogP contribution in [0.25, 0.3) is 0 Å². The lowest BCUT2D eigenvalue weighted by molar-refractivity contribution is -0.146. The maximum absolute atomic E-state index is 13.0. The molecule has 152 valence electrons. The van der Waals surface area contributed by atoms with Gasteiger partial charge < -0.3 is 9.47 Å². The third-order valence-electron chi connectivity index (χ3n) is 5.15. The van der Waals surface area contributed by atoms with Gasteiger partial charge in [-0.15, -0.1) is 0 Å². The number of esters is 1. The van der Waals surface area contributed by atoms with Crippen molar-refractivity contribution in [2.75, 3.05) is 0 Å². The predicted octanol–water partition coefficient (Wildman–Crippen LogP) is 3.57. The number of hydrogen-bond acceptors (Lipinski definition) is 5. The summed E-state index contributed by atoms with van der Waals surface area (Å²) in [5, 5.41) is 0. The Morgan fingerprint density at radius 2 is 1.57 bits per heavy atom. The van der Waals surface area contributed by atoms with Gasteiger partial charge in [0.05, 0.1) is 0 Å². The Morgan fingerprint density at radius 3 is 2.20 bits per heavy atom. The highest BCUT2D eigenvalue weighted by molar-refractivity contribution is 6.01. The Hall–Kier alpha value is -3.67. The van der Waals surface area contributed by atoms with Gasteiger partial charge in [0.2, 0.25) is 0 Å². The van der Waals surface area contributed by atoms with E-state index >= 15 is 0 Å². The van der Waals surface area contributed by atoms with Crippen molar-refractivity contribution >= 4 is 17.8 Å². The zero-order chi connectivity index (χ0) is 21.0. The van der Waals surface area contributed by atoms with Gasteiger partial charge in [0, 0.05) is 13.0 Å². The molecular weight excluding hydrogens is 382 g/mol. The number of hydrogen-bond donors (Lipinski definition) is 0. The molecule has 1 aliphatic carbocycles. The topological polar surface area (TPSA) is 72.9 Å². The minimum Gasteiger partial charge on any atom is -0.449 e. The molecule has 0 unspecified atom stereocenters. The molecule has 2 aromatic rings. The summed E-state index contributed by atoms with van der Waals surface area (Å²) in [6.45, 7) is 0.308. The molecule has 2 aliphatic rings. The number of carbonyl (C=O) groups is 3. The lowest BCUT2D eigenvalue weighted by atomic mass is 9.92. The van der Waals surface area contributed by atoms with E-state index in [0.29, 0.717) is 0 Å². The van der Waals surface area contributed by atoms with Crippen molar-refractivity contribution in [2.45, 2.75) is 31.2 Å². The van der Waals surface area contributed by atoms with Crippen LogP contribution in [0.5, 0.6) is 0 Å². The molecule has 30 heavy (non-hydrogen) atoms. The summed E-state index contributed by atoms with van der Waals surface area (Å²) in [6, 6.07) is 17.9. The fourth-order valence-corrected chi connectivity index (χ4v) is 3.57. The molecule has 1 saturated heterocycles. The molecule has 0 bridgehead atoms. The molecule has 0 saturated carbocycles. The van der Waals surface area contributed by atoms with E-state index in [0.717, 1.165) is 11.1 Å². The Balaban J connectivity index is 1.54. The van der Waals surface area contributed by atoms with Gasteiger partial charge in [0.25, 0.3) is 0 Å². The number of carbonyl (C=O) groups excluding carboxylic acids is 3. The van der Waals surface area contributed by atoms with Crippen LogP contribution in [-0.4, -0.2) is 34.4 Å². The minimum absolute atomic E-state index is 0.103. The second kappa shape index (κ2) is 8.37. The Morgan fingerprint density at radius 1 is 0.967 bits per heavy atom. The van der Waals surface area contributed by atoms with Crippen molar-refractivity contribution in [1.82, 2.24) is 4.90 Å². The monoisotopic (exact) mass is 403 g/mol. The van der Waals surface area contributed by atoms with Gasteiger partial charge in [0.15, 0.2) is 11.4 Å². The maximum Gasteiger partial charge on any atom is 0.411 e. The quantitative estimate of drug-likeness (QED) is 0.714. The highest BCUT2D eigenvalue weighted by Gasteiger charge is 2.48. The highest BCUT2D eigenvalue weighted by atomic mass is 16.6. The van der Waals surface area contributed by atoms with E-state index < -0.39 is 23.7 Å².